The van der Waals surface area contributed by atoms with Crippen LogP contribution in [0, 0.1) is 13.8 Å². The molecular weight excluding hydrogens is 486 g/mol. The molecule has 2 N–H and O–H groups in total. The lowest BCUT2D eigenvalue weighted by Gasteiger charge is -2.31. The van der Waals surface area contributed by atoms with Gasteiger partial charge in [-0.2, -0.15) is 5.10 Å². The molecule has 192 valence electrons. The van der Waals surface area contributed by atoms with Crippen molar-refractivity contribution in [2.45, 2.75) is 46.1 Å². The predicted octanol–water partition coefficient (Wildman–Crippen LogP) is 4.33. The van der Waals surface area contributed by atoms with Gasteiger partial charge in [-0.1, -0.05) is 6.07 Å². The van der Waals surface area contributed by atoms with Gasteiger partial charge in [0.15, 0.2) is 0 Å². The molecule has 5 rings (SSSR count). The molecule has 1 fully saturated rings. The highest BCUT2D eigenvalue weighted by Gasteiger charge is 2.31. The summed E-state index contributed by atoms with van der Waals surface area (Å²) in [4.78, 5) is 38.8. The van der Waals surface area contributed by atoms with Crippen molar-refractivity contribution in [1.29, 1.82) is 0 Å². The van der Waals surface area contributed by atoms with E-state index >= 15 is 0 Å². The van der Waals surface area contributed by atoms with Crippen LogP contribution in [0.15, 0.2) is 43.0 Å². The number of hydrogen-bond donors (Lipinski definition) is 2. The molecule has 1 saturated heterocycles. The largest absolute Gasteiger partial charge is 0.351 e. The number of thiazole rings is 1. The van der Waals surface area contributed by atoms with E-state index in [4.69, 9.17) is 0 Å². The molecule has 2 amide bonds. The van der Waals surface area contributed by atoms with Crippen molar-refractivity contribution in [3.05, 3.63) is 65.5 Å². The Balaban J connectivity index is 1.27. The van der Waals surface area contributed by atoms with Crippen molar-refractivity contribution >= 4 is 33.7 Å². The maximum Gasteiger partial charge on any atom is 0.260 e. The SMILES string of the molecule is Cc1ccc(-c2cn3ncc(C(=O)Nc4cc(C(=O)NCCN5CCCC5(C)C)cnc4C)c3s2)cn1. The summed E-state index contributed by atoms with van der Waals surface area (Å²) < 4.78 is 1.70. The lowest BCUT2D eigenvalue weighted by atomic mass is 10.0. The number of carbonyl (C=O) groups is 2. The molecule has 0 aromatic carbocycles. The van der Waals surface area contributed by atoms with Gasteiger partial charge in [0.1, 0.15) is 4.83 Å². The van der Waals surface area contributed by atoms with E-state index in [-0.39, 0.29) is 17.4 Å². The molecule has 0 saturated carbocycles. The van der Waals surface area contributed by atoms with Crippen molar-refractivity contribution in [3.63, 3.8) is 0 Å². The fourth-order valence-electron chi connectivity index (χ4n) is 4.65. The van der Waals surface area contributed by atoms with E-state index in [1.54, 1.807) is 29.9 Å². The fourth-order valence-corrected chi connectivity index (χ4v) is 5.69. The number of likely N-dealkylation sites (tertiary alicyclic amines) is 1. The first kappa shape index (κ1) is 25.0. The summed E-state index contributed by atoms with van der Waals surface area (Å²) in [7, 11) is 0. The lowest BCUT2D eigenvalue weighted by Crippen LogP contribution is -2.43. The molecule has 10 heteroatoms. The van der Waals surface area contributed by atoms with Crippen LogP contribution < -0.4 is 10.6 Å². The molecule has 0 bridgehead atoms. The van der Waals surface area contributed by atoms with E-state index in [2.05, 4.69) is 44.4 Å². The standard InChI is InChI=1S/C27H31N7O2S/c1-17-6-7-19(13-29-17)23-16-34-26(37-23)21(15-31-34)25(36)32-22-12-20(14-30-18(22)2)24(35)28-9-11-33-10-5-8-27(33,3)4/h6-7,12-16H,5,8-11H2,1-4H3,(H,28,35)(H,32,36). The number of fused-ring (bicyclic) bond motifs is 1. The summed E-state index contributed by atoms with van der Waals surface area (Å²) in [6, 6.07) is 5.64. The number of carbonyl (C=O) groups excluding carboxylic acids is 2. The number of amides is 2. The normalized spacial score (nSPS) is 15.2. The van der Waals surface area contributed by atoms with Crippen LogP contribution in [0.2, 0.25) is 0 Å². The molecule has 4 aromatic rings. The van der Waals surface area contributed by atoms with Gasteiger partial charge in [-0.25, -0.2) is 4.52 Å². The predicted molar refractivity (Wildman–Crippen MR) is 145 cm³/mol. The summed E-state index contributed by atoms with van der Waals surface area (Å²) >= 11 is 1.48. The molecule has 0 radical (unpaired) electrons. The molecule has 37 heavy (non-hydrogen) atoms. The second-order valence-electron chi connectivity index (χ2n) is 10.1. The van der Waals surface area contributed by atoms with E-state index in [1.165, 1.54) is 24.2 Å². The summed E-state index contributed by atoms with van der Waals surface area (Å²) in [5.74, 6) is -0.508. The molecule has 0 unspecified atom stereocenters. The van der Waals surface area contributed by atoms with Crippen LogP contribution >= 0.6 is 11.3 Å². The topological polar surface area (TPSA) is 105 Å². The lowest BCUT2D eigenvalue weighted by molar-refractivity contribution is 0.0938. The monoisotopic (exact) mass is 517 g/mol. The number of nitrogens with one attached hydrogen (secondary N) is 2. The first-order valence-corrected chi connectivity index (χ1v) is 13.2. The Morgan fingerprint density at radius 2 is 1.95 bits per heavy atom. The Bertz CT molecular complexity index is 1460. The molecule has 0 atom stereocenters. The first-order valence-electron chi connectivity index (χ1n) is 12.4. The minimum absolute atomic E-state index is 0.174. The van der Waals surface area contributed by atoms with Gasteiger partial charge in [0, 0.05) is 48.5 Å². The fraction of sp³-hybridized carbons (Fsp3) is 0.370. The Morgan fingerprint density at radius 1 is 1.11 bits per heavy atom. The second kappa shape index (κ2) is 10.0. The molecule has 5 heterocycles. The molecular formula is C27H31N7O2S. The second-order valence-corrected chi connectivity index (χ2v) is 11.1. The zero-order valence-electron chi connectivity index (χ0n) is 21.5. The average molecular weight is 518 g/mol. The molecule has 1 aliphatic heterocycles. The molecule has 4 aromatic heterocycles. The number of pyridine rings is 2. The van der Waals surface area contributed by atoms with E-state index in [9.17, 15) is 9.59 Å². The van der Waals surface area contributed by atoms with Gasteiger partial charge in [0.05, 0.1) is 33.6 Å². The van der Waals surface area contributed by atoms with Crippen LogP contribution in [0.3, 0.4) is 0 Å². The van der Waals surface area contributed by atoms with Crippen molar-refractivity contribution in [2.24, 2.45) is 0 Å². The number of anilines is 1. The highest BCUT2D eigenvalue weighted by Crippen LogP contribution is 2.31. The average Bonchev–Trinajstić information content (AvgIpc) is 3.55. The highest BCUT2D eigenvalue weighted by molar-refractivity contribution is 7.21. The third-order valence-corrected chi connectivity index (χ3v) is 8.13. The number of aromatic nitrogens is 4. The van der Waals surface area contributed by atoms with Gasteiger partial charge in [-0.05, 0) is 59.2 Å². The van der Waals surface area contributed by atoms with Gasteiger partial charge >= 0.3 is 0 Å². The highest BCUT2D eigenvalue weighted by atomic mass is 32.1. The quantitative estimate of drug-likeness (QED) is 0.378. The van der Waals surface area contributed by atoms with Crippen LogP contribution in [0.5, 0.6) is 0 Å². The summed E-state index contributed by atoms with van der Waals surface area (Å²) in [6.07, 6.45) is 9.16. The Morgan fingerprint density at radius 3 is 2.68 bits per heavy atom. The Labute approximate surface area is 219 Å². The van der Waals surface area contributed by atoms with Crippen molar-refractivity contribution in [3.8, 4) is 10.4 Å². The van der Waals surface area contributed by atoms with Crippen molar-refractivity contribution < 1.29 is 9.59 Å². The van der Waals surface area contributed by atoms with Crippen LogP contribution in [0.4, 0.5) is 5.69 Å². The van der Waals surface area contributed by atoms with Crippen LogP contribution in [0.1, 0.15) is 58.8 Å². The molecule has 9 nitrogen and oxygen atoms in total. The number of nitrogens with zero attached hydrogens (tertiary/aromatic N) is 5. The smallest absolute Gasteiger partial charge is 0.260 e. The minimum Gasteiger partial charge on any atom is -0.351 e. The summed E-state index contributed by atoms with van der Waals surface area (Å²) in [5.41, 5.74) is 4.08. The first-order chi connectivity index (χ1) is 17.7. The Kier molecular flexibility index (Phi) is 6.78. The zero-order valence-corrected chi connectivity index (χ0v) is 22.4. The number of rotatable bonds is 7. The Hall–Kier alpha value is -3.63. The van der Waals surface area contributed by atoms with Crippen LogP contribution in [0.25, 0.3) is 15.3 Å². The maximum absolute atomic E-state index is 13.2. The number of hydrogen-bond acceptors (Lipinski definition) is 7. The van der Waals surface area contributed by atoms with Crippen LogP contribution in [-0.2, 0) is 0 Å². The van der Waals surface area contributed by atoms with Gasteiger partial charge < -0.3 is 10.6 Å². The van der Waals surface area contributed by atoms with Crippen molar-refractivity contribution in [2.75, 3.05) is 25.0 Å². The number of aryl methyl sites for hydroxylation is 2. The third-order valence-electron chi connectivity index (χ3n) is 6.97. The van der Waals surface area contributed by atoms with E-state index in [0.717, 1.165) is 34.1 Å². The molecule has 0 aliphatic carbocycles. The van der Waals surface area contributed by atoms with E-state index < -0.39 is 0 Å². The minimum atomic E-state index is -0.302. The summed E-state index contributed by atoms with van der Waals surface area (Å²) in [5, 5.41) is 10.3. The van der Waals surface area contributed by atoms with Crippen molar-refractivity contribution in [1.82, 2.24) is 29.8 Å². The van der Waals surface area contributed by atoms with Gasteiger partial charge in [0.2, 0.25) is 0 Å². The van der Waals surface area contributed by atoms with E-state index in [1.807, 2.05) is 31.5 Å². The third kappa shape index (κ3) is 5.26. The van der Waals surface area contributed by atoms with E-state index in [0.29, 0.717) is 29.1 Å². The van der Waals surface area contributed by atoms with Crippen LogP contribution in [-0.4, -0.2) is 61.5 Å². The summed E-state index contributed by atoms with van der Waals surface area (Å²) in [6.45, 7) is 10.6. The van der Waals surface area contributed by atoms with Gasteiger partial charge in [0.25, 0.3) is 11.8 Å². The molecule has 0 spiro atoms. The zero-order chi connectivity index (χ0) is 26.2. The maximum atomic E-state index is 13.2. The van der Waals surface area contributed by atoms with Gasteiger partial charge in [-0.15, -0.1) is 11.3 Å². The molecule has 1 aliphatic rings. The van der Waals surface area contributed by atoms with Gasteiger partial charge in [-0.3, -0.25) is 24.5 Å².